The molecule has 0 saturated carbocycles. The molecule has 1 rings (SSSR count). The van der Waals surface area contributed by atoms with Gasteiger partial charge in [-0.2, -0.15) is 0 Å². The van der Waals surface area contributed by atoms with Crippen LogP contribution in [0.25, 0.3) is 0 Å². The minimum atomic E-state index is -0.587. The van der Waals surface area contributed by atoms with Crippen molar-refractivity contribution in [3.05, 3.63) is 35.9 Å². The highest BCUT2D eigenvalue weighted by Gasteiger charge is 2.17. The maximum Gasteiger partial charge on any atom is 0.177 e. The van der Waals surface area contributed by atoms with Gasteiger partial charge in [-0.3, -0.25) is 4.57 Å². The highest BCUT2D eigenvalue weighted by molar-refractivity contribution is 7.25. The molecule has 70 valence electrons. The zero-order valence-corrected chi connectivity index (χ0v) is 8.63. The largest absolute Gasteiger partial charge is 0.316 e. The summed E-state index contributed by atoms with van der Waals surface area (Å²) in [7, 11) is 0.0190. The van der Waals surface area contributed by atoms with Gasteiger partial charge in [-0.05, 0) is 25.3 Å². The molecule has 0 radical (unpaired) electrons. The highest BCUT2D eigenvalue weighted by Crippen LogP contribution is 2.21. The van der Waals surface area contributed by atoms with E-state index in [0.717, 1.165) is 12.8 Å². The fourth-order valence-corrected chi connectivity index (χ4v) is 1.29. The van der Waals surface area contributed by atoms with Gasteiger partial charge >= 0.3 is 0 Å². The first-order valence-corrected chi connectivity index (χ1v) is 5.13. The molecule has 0 spiro atoms. The van der Waals surface area contributed by atoms with Crippen molar-refractivity contribution in [2.75, 3.05) is 0 Å². The predicted molar refractivity (Wildman–Crippen MR) is 55.0 cm³/mol. The molecule has 0 fully saturated rings. The van der Waals surface area contributed by atoms with Crippen molar-refractivity contribution in [1.29, 1.82) is 0 Å². The van der Waals surface area contributed by atoms with E-state index in [0.29, 0.717) is 0 Å². The van der Waals surface area contributed by atoms with Crippen LogP contribution >= 0.6 is 8.46 Å². The maximum absolute atomic E-state index is 10.6. The van der Waals surface area contributed by atoms with Crippen molar-refractivity contribution in [2.45, 2.75) is 25.0 Å². The lowest BCUT2D eigenvalue weighted by molar-refractivity contribution is 0.541. The fraction of sp³-hybridized carbons (Fsp3) is 0.400. The zero-order chi connectivity index (χ0) is 9.73. The van der Waals surface area contributed by atoms with Gasteiger partial charge in [-0.1, -0.05) is 30.3 Å². The number of hydrogen-bond acceptors (Lipinski definition) is 2. The molecule has 0 saturated heterocycles. The Balaban J connectivity index is 2.48. The van der Waals surface area contributed by atoms with E-state index in [-0.39, 0.29) is 8.46 Å². The van der Waals surface area contributed by atoms with Gasteiger partial charge in [0.15, 0.2) is 8.46 Å². The second kappa shape index (κ2) is 4.50. The van der Waals surface area contributed by atoms with E-state index in [1.165, 1.54) is 5.56 Å². The Morgan fingerprint density at radius 1 is 1.38 bits per heavy atom. The van der Waals surface area contributed by atoms with Gasteiger partial charge in [0.2, 0.25) is 0 Å². The molecule has 2 nitrogen and oxygen atoms in total. The van der Waals surface area contributed by atoms with Crippen LogP contribution in [0.5, 0.6) is 0 Å². The molecule has 0 aliphatic rings. The Bertz CT molecular complexity index is 272. The summed E-state index contributed by atoms with van der Waals surface area (Å²) in [6, 6.07) is 10.1. The van der Waals surface area contributed by atoms with Crippen LogP contribution in [0, 0.1) is 0 Å². The van der Waals surface area contributed by atoms with Crippen molar-refractivity contribution in [2.24, 2.45) is 5.73 Å². The summed E-state index contributed by atoms with van der Waals surface area (Å²) < 4.78 is 10.6. The molecule has 0 aliphatic carbocycles. The fourth-order valence-electron chi connectivity index (χ4n) is 1.09. The maximum atomic E-state index is 10.6. The first-order valence-electron chi connectivity index (χ1n) is 4.31. The number of rotatable bonds is 4. The van der Waals surface area contributed by atoms with Gasteiger partial charge in [0.05, 0.1) is 5.28 Å². The first kappa shape index (κ1) is 10.4. The van der Waals surface area contributed by atoms with Gasteiger partial charge < -0.3 is 5.73 Å². The molecular formula is C10H14NOP. The Morgan fingerprint density at radius 2 is 2.00 bits per heavy atom. The average Bonchev–Trinajstić information content (AvgIpc) is 2.17. The van der Waals surface area contributed by atoms with Crippen LogP contribution < -0.4 is 5.73 Å². The highest BCUT2D eigenvalue weighted by atomic mass is 31.1. The second-order valence-corrected chi connectivity index (χ2v) is 4.64. The van der Waals surface area contributed by atoms with Gasteiger partial charge in [0, 0.05) is 0 Å². The Labute approximate surface area is 80.4 Å². The van der Waals surface area contributed by atoms with Gasteiger partial charge in [-0.15, -0.1) is 0 Å². The van der Waals surface area contributed by atoms with Crippen molar-refractivity contribution in [1.82, 2.24) is 0 Å². The summed E-state index contributed by atoms with van der Waals surface area (Å²) in [5.74, 6) is 0. The number of nitrogens with two attached hydrogens (primary N) is 1. The first-order chi connectivity index (χ1) is 6.14. The number of aryl methyl sites for hydroxylation is 1. The van der Waals surface area contributed by atoms with E-state index >= 15 is 0 Å². The third kappa shape index (κ3) is 3.67. The molecular weight excluding hydrogens is 181 g/mol. The molecule has 1 atom stereocenters. The van der Waals surface area contributed by atoms with Crippen molar-refractivity contribution < 1.29 is 4.57 Å². The van der Waals surface area contributed by atoms with Crippen LogP contribution in [0.4, 0.5) is 0 Å². The number of hydrogen-bond donors (Lipinski definition) is 1. The van der Waals surface area contributed by atoms with E-state index in [1.54, 1.807) is 6.92 Å². The van der Waals surface area contributed by atoms with Gasteiger partial charge in [0.25, 0.3) is 0 Å². The van der Waals surface area contributed by atoms with Crippen LogP contribution in [0.3, 0.4) is 0 Å². The monoisotopic (exact) mass is 195 g/mol. The lowest BCUT2D eigenvalue weighted by Crippen LogP contribution is -2.29. The van der Waals surface area contributed by atoms with Gasteiger partial charge in [0.1, 0.15) is 0 Å². The smallest absolute Gasteiger partial charge is 0.177 e. The van der Waals surface area contributed by atoms with E-state index in [4.69, 9.17) is 5.73 Å². The van der Waals surface area contributed by atoms with Crippen molar-refractivity contribution >= 4 is 8.46 Å². The standard InChI is InChI=1S/C10H14NOP/c1-10(11,13-12)8-7-9-5-3-2-4-6-9/h2-6H,7-8,11H2,1H3. The molecule has 0 amide bonds. The quantitative estimate of drug-likeness (QED) is 0.750. The average molecular weight is 195 g/mol. The molecule has 1 aromatic rings. The van der Waals surface area contributed by atoms with E-state index in [9.17, 15) is 4.57 Å². The van der Waals surface area contributed by atoms with E-state index in [2.05, 4.69) is 12.1 Å². The van der Waals surface area contributed by atoms with Crippen LogP contribution in [0.15, 0.2) is 30.3 Å². The van der Waals surface area contributed by atoms with Crippen LogP contribution in [-0.2, 0) is 11.0 Å². The molecule has 2 N–H and O–H groups in total. The summed E-state index contributed by atoms with van der Waals surface area (Å²) in [6.07, 6.45) is 1.62. The predicted octanol–water partition coefficient (Wildman–Crippen LogP) is 2.59. The Kier molecular flexibility index (Phi) is 3.58. The van der Waals surface area contributed by atoms with Crippen molar-refractivity contribution in [3.8, 4) is 0 Å². The minimum Gasteiger partial charge on any atom is -0.316 e. The third-order valence-electron chi connectivity index (χ3n) is 1.97. The zero-order valence-electron chi connectivity index (χ0n) is 7.73. The molecule has 1 unspecified atom stereocenters. The third-order valence-corrected chi connectivity index (χ3v) is 2.61. The normalized spacial score (nSPS) is 15.5. The Hall–Kier alpha value is -0.720. The molecule has 0 aliphatic heterocycles. The molecule has 0 bridgehead atoms. The summed E-state index contributed by atoms with van der Waals surface area (Å²) >= 11 is 0. The van der Waals surface area contributed by atoms with Crippen LogP contribution in [0.1, 0.15) is 18.9 Å². The van der Waals surface area contributed by atoms with Gasteiger partial charge in [-0.25, -0.2) is 0 Å². The summed E-state index contributed by atoms with van der Waals surface area (Å²) in [6.45, 7) is 1.80. The second-order valence-electron chi connectivity index (χ2n) is 3.43. The molecule has 1 aromatic carbocycles. The van der Waals surface area contributed by atoms with E-state index in [1.807, 2.05) is 18.2 Å². The van der Waals surface area contributed by atoms with Crippen molar-refractivity contribution in [3.63, 3.8) is 0 Å². The molecule has 0 aromatic heterocycles. The number of benzene rings is 1. The Morgan fingerprint density at radius 3 is 2.54 bits per heavy atom. The van der Waals surface area contributed by atoms with Crippen LogP contribution in [0.2, 0.25) is 0 Å². The summed E-state index contributed by atoms with van der Waals surface area (Å²) in [5.41, 5.74) is 6.98. The molecule has 13 heavy (non-hydrogen) atoms. The summed E-state index contributed by atoms with van der Waals surface area (Å²) in [5, 5.41) is -0.587. The molecule has 0 heterocycles. The van der Waals surface area contributed by atoms with E-state index < -0.39 is 5.28 Å². The summed E-state index contributed by atoms with van der Waals surface area (Å²) in [4.78, 5) is 0. The molecule has 3 heteroatoms. The SMILES string of the molecule is CC(N)(CCc1ccccc1)P=O. The lowest BCUT2D eigenvalue weighted by atomic mass is 10.1. The topological polar surface area (TPSA) is 43.1 Å². The lowest BCUT2D eigenvalue weighted by Gasteiger charge is -2.14. The minimum absolute atomic E-state index is 0.0190. The van der Waals surface area contributed by atoms with Crippen LogP contribution in [-0.4, -0.2) is 5.28 Å².